The number of carbonyl (C=O) groups is 4. The Labute approximate surface area is 581 Å². The summed E-state index contributed by atoms with van der Waals surface area (Å²) >= 11 is 0. The summed E-state index contributed by atoms with van der Waals surface area (Å²) in [6.45, 7) is 11.9. The molecule has 0 saturated carbocycles. The van der Waals surface area contributed by atoms with E-state index in [9.17, 15) is 43.2 Å². The van der Waals surface area contributed by atoms with Crippen molar-refractivity contribution in [2.75, 3.05) is 39.6 Å². The van der Waals surface area contributed by atoms with Crippen molar-refractivity contribution in [3.8, 4) is 0 Å². The number of aliphatic hydroxyl groups is 1. The number of phosphoric ester groups is 2. The summed E-state index contributed by atoms with van der Waals surface area (Å²) < 4.78 is 68.4. The van der Waals surface area contributed by atoms with E-state index in [4.69, 9.17) is 37.0 Å². The molecule has 95 heavy (non-hydrogen) atoms. The lowest BCUT2D eigenvalue weighted by Crippen LogP contribution is -2.30. The first kappa shape index (κ1) is 93.1. The molecule has 0 aromatic heterocycles. The topological polar surface area (TPSA) is 237 Å². The van der Waals surface area contributed by atoms with Crippen molar-refractivity contribution < 1.29 is 80.2 Å². The number of phosphoric acid groups is 2. The normalized spacial score (nSPS) is 14.4. The molecule has 6 atom stereocenters. The second kappa shape index (κ2) is 66.6. The third kappa shape index (κ3) is 69.0. The number of aliphatic hydroxyl groups excluding tert-OH is 1. The number of ether oxygens (including phenoxy) is 4. The largest absolute Gasteiger partial charge is 0.472 e. The van der Waals surface area contributed by atoms with Crippen LogP contribution in [0.1, 0.15) is 389 Å². The van der Waals surface area contributed by atoms with Gasteiger partial charge in [-0.2, -0.15) is 0 Å². The molecule has 19 heteroatoms. The molecule has 0 aromatic carbocycles. The van der Waals surface area contributed by atoms with Crippen LogP contribution in [0.15, 0.2) is 0 Å². The van der Waals surface area contributed by atoms with E-state index in [1.807, 2.05) is 0 Å². The molecule has 0 aliphatic rings. The Morgan fingerprint density at radius 1 is 0.305 bits per heavy atom. The Morgan fingerprint density at radius 2 is 0.537 bits per heavy atom. The fraction of sp³-hybridized carbons (Fsp3) is 0.947. The van der Waals surface area contributed by atoms with Crippen molar-refractivity contribution in [3.63, 3.8) is 0 Å². The van der Waals surface area contributed by atoms with E-state index >= 15 is 0 Å². The smallest absolute Gasteiger partial charge is 0.462 e. The van der Waals surface area contributed by atoms with Gasteiger partial charge < -0.3 is 33.8 Å². The zero-order valence-electron chi connectivity index (χ0n) is 62.1. The highest BCUT2D eigenvalue weighted by Gasteiger charge is 2.30. The van der Waals surface area contributed by atoms with Crippen molar-refractivity contribution in [2.45, 2.75) is 407 Å². The Morgan fingerprint density at radius 3 is 0.800 bits per heavy atom. The van der Waals surface area contributed by atoms with Crippen molar-refractivity contribution in [2.24, 2.45) is 17.8 Å². The van der Waals surface area contributed by atoms with E-state index in [0.717, 1.165) is 120 Å². The first-order chi connectivity index (χ1) is 45.8. The van der Waals surface area contributed by atoms with Gasteiger partial charge in [-0.1, -0.05) is 337 Å². The minimum atomic E-state index is -4.96. The summed E-state index contributed by atoms with van der Waals surface area (Å²) in [5, 5.41) is 10.6. The Balaban J connectivity index is 5.18. The number of hydrogen-bond acceptors (Lipinski definition) is 15. The van der Waals surface area contributed by atoms with Crippen LogP contribution < -0.4 is 0 Å². The molecule has 17 nitrogen and oxygen atoms in total. The molecule has 0 amide bonds. The molecule has 0 aromatic rings. The van der Waals surface area contributed by atoms with Crippen LogP contribution in [-0.2, 0) is 65.4 Å². The first-order valence-corrected chi connectivity index (χ1v) is 42.4. The summed E-state index contributed by atoms with van der Waals surface area (Å²) in [7, 11) is -9.91. The number of carbonyl (C=O) groups excluding carboxylic acids is 4. The van der Waals surface area contributed by atoms with Gasteiger partial charge in [0.2, 0.25) is 0 Å². The van der Waals surface area contributed by atoms with E-state index in [2.05, 4.69) is 48.5 Å². The van der Waals surface area contributed by atoms with Crippen molar-refractivity contribution in [3.05, 3.63) is 0 Å². The molecule has 3 unspecified atom stereocenters. The quantitative estimate of drug-likeness (QED) is 0.0222. The fourth-order valence-electron chi connectivity index (χ4n) is 11.6. The van der Waals surface area contributed by atoms with Gasteiger partial charge in [-0.25, -0.2) is 9.13 Å². The van der Waals surface area contributed by atoms with E-state index in [-0.39, 0.29) is 25.7 Å². The second-order valence-electron chi connectivity index (χ2n) is 28.6. The Kier molecular flexibility index (Phi) is 65.2. The summed E-state index contributed by atoms with van der Waals surface area (Å²) in [6.07, 6.45) is 52.9. The molecular formula is C76H148O17P2. The van der Waals surface area contributed by atoms with Gasteiger partial charge in [0.15, 0.2) is 12.2 Å². The molecule has 0 bridgehead atoms. The van der Waals surface area contributed by atoms with Crippen LogP contribution in [0.5, 0.6) is 0 Å². The third-order valence-corrected chi connectivity index (χ3v) is 19.9. The molecule has 0 fully saturated rings. The van der Waals surface area contributed by atoms with Crippen LogP contribution in [0.2, 0.25) is 0 Å². The van der Waals surface area contributed by atoms with Gasteiger partial charge in [0, 0.05) is 25.7 Å². The van der Waals surface area contributed by atoms with Gasteiger partial charge >= 0.3 is 39.5 Å². The summed E-state index contributed by atoms with van der Waals surface area (Å²) in [5.41, 5.74) is 0. The van der Waals surface area contributed by atoms with E-state index in [0.29, 0.717) is 25.7 Å². The fourth-order valence-corrected chi connectivity index (χ4v) is 13.1. The highest BCUT2D eigenvalue weighted by molar-refractivity contribution is 7.47. The number of esters is 4. The minimum Gasteiger partial charge on any atom is -0.462 e. The number of hydrogen-bond donors (Lipinski definition) is 3. The molecular weight excluding hydrogens is 1250 g/mol. The van der Waals surface area contributed by atoms with Crippen LogP contribution in [0.25, 0.3) is 0 Å². The lowest BCUT2D eigenvalue weighted by Gasteiger charge is -2.21. The summed E-state index contributed by atoms with van der Waals surface area (Å²) in [5.74, 6) is 0.248. The molecule has 0 heterocycles. The molecule has 564 valence electrons. The molecule has 0 radical (unpaired) electrons. The predicted octanol–water partition coefficient (Wildman–Crippen LogP) is 22.2. The third-order valence-electron chi connectivity index (χ3n) is 18.0. The van der Waals surface area contributed by atoms with Gasteiger partial charge in [0.25, 0.3) is 0 Å². The summed E-state index contributed by atoms with van der Waals surface area (Å²) in [6, 6.07) is 0. The maximum absolute atomic E-state index is 13.1. The SMILES string of the molecule is CCCCCCCCCC(=O)OC[C@H](COP(=O)(O)OC[C@H](O)COP(=O)(O)OC[C@@H](COC(=O)CCCCCCCCCCCCCCC(C)C)OC(=O)CCCCCCCCCCCCCCCCCCCCC(C)C)OC(=O)CCCCCCCCCCC(C)CC. The molecule has 3 N–H and O–H groups in total. The van der Waals surface area contributed by atoms with Gasteiger partial charge in [-0.15, -0.1) is 0 Å². The summed E-state index contributed by atoms with van der Waals surface area (Å²) in [4.78, 5) is 72.6. The maximum Gasteiger partial charge on any atom is 0.472 e. The first-order valence-electron chi connectivity index (χ1n) is 39.4. The van der Waals surface area contributed by atoms with Gasteiger partial charge in [-0.3, -0.25) is 37.3 Å². The number of unbranched alkanes of at least 4 members (excludes halogenated alkanes) is 41. The zero-order valence-corrected chi connectivity index (χ0v) is 63.9. The monoisotopic (exact) mass is 1400 g/mol. The average Bonchev–Trinajstić information content (AvgIpc) is 1.71. The average molecular weight is 1400 g/mol. The van der Waals surface area contributed by atoms with Crippen LogP contribution in [-0.4, -0.2) is 96.7 Å². The lowest BCUT2D eigenvalue weighted by atomic mass is 9.99. The highest BCUT2D eigenvalue weighted by atomic mass is 31.2. The predicted molar refractivity (Wildman–Crippen MR) is 386 cm³/mol. The minimum absolute atomic E-state index is 0.105. The van der Waals surface area contributed by atoms with Gasteiger partial charge in [0.1, 0.15) is 19.3 Å². The molecule has 0 aliphatic carbocycles. The van der Waals surface area contributed by atoms with Crippen LogP contribution in [0, 0.1) is 17.8 Å². The van der Waals surface area contributed by atoms with Crippen LogP contribution in [0.4, 0.5) is 0 Å². The number of rotatable bonds is 74. The van der Waals surface area contributed by atoms with E-state index < -0.39 is 97.5 Å². The van der Waals surface area contributed by atoms with Crippen LogP contribution >= 0.6 is 15.6 Å². The highest BCUT2D eigenvalue weighted by Crippen LogP contribution is 2.45. The Bertz CT molecular complexity index is 1850. The van der Waals surface area contributed by atoms with Gasteiger partial charge in [-0.05, 0) is 43.4 Å². The maximum atomic E-state index is 13.1. The standard InChI is InChI=1S/C76H148O17P2/c1-8-10-11-12-33-43-50-57-73(78)86-63-71(93-76(81)60-53-46-39-32-31-36-42-49-56-69(7)9-2)65-90-94(82,83)88-61-70(77)62-89-95(84,85)91-66-72(64-87-74(79)58-51-44-37-29-25-22-21-24-28-35-41-48-55-68(5)6)92-75(80)59-52-45-38-30-26-20-18-16-14-13-15-17-19-23-27-34-40-47-54-67(3)4/h67-72,77H,8-66H2,1-7H3,(H,82,83)(H,84,85)/t69?,70-,71+,72+/m0/s1. The van der Waals surface area contributed by atoms with Crippen molar-refractivity contribution >= 4 is 39.5 Å². The zero-order chi connectivity index (χ0) is 70.1. The Hall–Kier alpha value is -1.94. The van der Waals surface area contributed by atoms with Gasteiger partial charge in [0.05, 0.1) is 26.4 Å². The lowest BCUT2D eigenvalue weighted by molar-refractivity contribution is -0.161. The van der Waals surface area contributed by atoms with E-state index in [1.165, 1.54) is 186 Å². The molecule has 0 aliphatic heterocycles. The van der Waals surface area contributed by atoms with Crippen molar-refractivity contribution in [1.82, 2.24) is 0 Å². The molecule has 0 spiro atoms. The van der Waals surface area contributed by atoms with Crippen LogP contribution in [0.3, 0.4) is 0 Å². The molecule has 0 saturated heterocycles. The molecule has 0 rings (SSSR count). The van der Waals surface area contributed by atoms with E-state index in [1.54, 1.807) is 0 Å². The van der Waals surface area contributed by atoms with Crippen molar-refractivity contribution in [1.29, 1.82) is 0 Å². The second-order valence-corrected chi connectivity index (χ2v) is 31.5.